The normalized spacial score (nSPS) is 11.7. The highest BCUT2D eigenvalue weighted by Gasteiger charge is 2.31. The Morgan fingerprint density at radius 3 is 2.24 bits per heavy atom. The van der Waals surface area contributed by atoms with E-state index >= 15 is 0 Å². The molecule has 0 aromatic heterocycles. The Balaban J connectivity index is 1.60. The van der Waals surface area contributed by atoms with E-state index in [1.165, 1.54) is 24.3 Å². The van der Waals surface area contributed by atoms with Crippen molar-refractivity contribution < 1.29 is 31.1 Å². The monoisotopic (exact) mass is 498 g/mol. The fourth-order valence-corrected chi connectivity index (χ4v) is 3.91. The maximum absolute atomic E-state index is 12.8. The van der Waals surface area contributed by atoms with Gasteiger partial charge >= 0.3 is 6.18 Å². The van der Waals surface area contributed by atoms with Crippen LogP contribution in [0.25, 0.3) is 0 Å². The molecular formula is C22H18ClF3N2O4S. The standard InChI is InChI=1S/C22H18ClF3N2O4S/c1-14-2-5-16(6-3-14)28-33(30,31)18-9-7-17(8-10-18)32-13-21(29)27-20-12-15(22(24,25)26)4-11-19(20)23/h2-12,28H,13H2,1H3,(H,27,29). The summed E-state index contributed by atoms with van der Waals surface area (Å²) in [5.74, 6) is -0.552. The fourth-order valence-electron chi connectivity index (χ4n) is 2.68. The molecule has 6 nitrogen and oxygen atoms in total. The van der Waals surface area contributed by atoms with Gasteiger partial charge in [-0.25, -0.2) is 8.42 Å². The number of hydrogen-bond acceptors (Lipinski definition) is 4. The molecule has 2 N–H and O–H groups in total. The Kier molecular flexibility index (Phi) is 7.19. The molecule has 3 rings (SSSR count). The van der Waals surface area contributed by atoms with Gasteiger partial charge in [0.1, 0.15) is 5.75 Å². The number of sulfonamides is 1. The maximum atomic E-state index is 12.8. The molecule has 0 saturated carbocycles. The highest BCUT2D eigenvalue weighted by Crippen LogP contribution is 2.33. The lowest BCUT2D eigenvalue weighted by molar-refractivity contribution is -0.137. The molecule has 0 aliphatic heterocycles. The minimum absolute atomic E-state index is 0.0179. The number of carbonyl (C=O) groups excluding carboxylic acids is 1. The van der Waals surface area contributed by atoms with Gasteiger partial charge in [-0.2, -0.15) is 13.2 Å². The van der Waals surface area contributed by atoms with Gasteiger partial charge in [0.05, 0.1) is 21.2 Å². The number of anilines is 2. The van der Waals surface area contributed by atoms with Gasteiger partial charge in [-0.3, -0.25) is 9.52 Å². The van der Waals surface area contributed by atoms with E-state index in [2.05, 4.69) is 10.0 Å². The highest BCUT2D eigenvalue weighted by atomic mass is 35.5. The number of nitrogens with one attached hydrogen (secondary N) is 2. The van der Waals surface area contributed by atoms with E-state index in [1.54, 1.807) is 24.3 Å². The summed E-state index contributed by atoms with van der Waals surface area (Å²) in [5, 5.41) is 2.20. The molecule has 33 heavy (non-hydrogen) atoms. The number of rotatable bonds is 7. The first-order valence-electron chi connectivity index (χ1n) is 9.43. The molecule has 174 valence electrons. The van der Waals surface area contributed by atoms with Gasteiger partial charge in [0.15, 0.2) is 6.61 Å². The van der Waals surface area contributed by atoms with E-state index in [4.69, 9.17) is 16.3 Å². The zero-order valence-corrected chi connectivity index (χ0v) is 18.7. The Morgan fingerprint density at radius 2 is 1.64 bits per heavy atom. The van der Waals surface area contributed by atoms with Crippen LogP contribution in [0.3, 0.4) is 0 Å². The van der Waals surface area contributed by atoms with E-state index in [0.29, 0.717) is 5.69 Å². The third-order valence-electron chi connectivity index (χ3n) is 4.38. The van der Waals surface area contributed by atoms with Gasteiger partial charge in [0, 0.05) is 5.69 Å². The second-order valence-corrected chi connectivity index (χ2v) is 9.06. The van der Waals surface area contributed by atoms with Crippen molar-refractivity contribution in [2.45, 2.75) is 18.0 Å². The Hall–Kier alpha value is -3.24. The van der Waals surface area contributed by atoms with Crippen LogP contribution in [0.4, 0.5) is 24.5 Å². The molecule has 1 amide bonds. The van der Waals surface area contributed by atoms with Crippen LogP contribution in [0.2, 0.25) is 5.02 Å². The Labute approximate surface area is 193 Å². The Morgan fingerprint density at radius 1 is 1.00 bits per heavy atom. The molecule has 0 aliphatic carbocycles. The summed E-state index contributed by atoms with van der Waals surface area (Å²) in [6, 6.07) is 14.7. The average molecular weight is 499 g/mol. The molecule has 0 spiro atoms. The van der Waals surface area contributed by atoms with Gasteiger partial charge in [-0.05, 0) is 61.5 Å². The average Bonchev–Trinajstić information content (AvgIpc) is 2.75. The van der Waals surface area contributed by atoms with Crippen LogP contribution in [-0.4, -0.2) is 20.9 Å². The van der Waals surface area contributed by atoms with Gasteiger partial charge < -0.3 is 10.1 Å². The topological polar surface area (TPSA) is 84.5 Å². The number of ether oxygens (including phenoxy) is 1. The van der Waals surface area contributed by atoms with Gasteiger partial charge in [-0.1, -0.05) is 29.3 Å². The van der Waals surface area contributed by atoms with Crippen molar-refractivity contribution in [1.29, 1.82) is 0 Å². The number of hydrogen-bond donors (Lipinski definition) is 2. The second kappa shape index (κ2) is 9.72. The molecule has 0 saturated heterocycles. The van der Waals surface area contributed by atoms with Crippen molar-refractivity contribution in [3.8, 4) is 5.75 Å². The van der Waals surface area contributed by atoms with Crippen molar-refractivity contribution in [3.63, 3.8) is 0 Å². The SMILES string of the molecule is Cc1ccc(NS(=O)(=O)c2ccc(OCC(=O)Nc3cc(C(F)(F)F)ccc3Cl)cc2)cc1. The lowest BCUT2D eigenvalue weighted by Gasteiger charge is -2.12. The van der Waals surface area contributed by atoms with Crippen molar-refractivity contribution in [1.82, 2.24) is 0 Å². The van der Waals surface area contributed by atoms with E-state index < -0.39 is 34.3 Å². The summed E-state index contributed by atoms with van der Waals surface area (Å²) < 4.78 is 71.2. The minimum Gasteiger partial charge on any atom is -0.484 e. The van der Waals surface area contributed by atoms with Gasteiger partial charge in [0.25, 0.3) is 15.9 Å². The van der Waals surface area contributed by atoms with Gasteiger partial charge in [-0.15, -0.1) is 0 Å². The number of benzene rings is 3. The highest BCUT2D eigenvalue weighted by molar-refractivity contribution is 7.92. The van der Waals surface area contributed by atoms with E-state index in [9.17, 15) is 26.4 Å². The van der Waals surface area contributed by atoms with Crippen molar-refractivity contribution in [3.05, 3.63) is 82.9 Å². The first-order valence-corrected chi connectivity index (χ1v) is 11.3. The van der Waals surface area contributed by atoms with E-state index in [-0.39, 0.29) is 21.4 Å². The molecule has 0 fully saturated rings. The molecule has 0 aliphatic rings. The summed E-state index contributed by atoms with van der Waals surface area (Å²) in [7, 11) is -3.83. The van der Waals surface area contributed by atoms with Crippen LogP contribution in [0.15, 0.2) is 71.6 Å². The first kappa shape index (κ1) is 24.4. The molecule has 0 bridgehead atoms. The predicted octanol–water partition coefficient (Wildman–Crippen LogP) is 5.49. The summed E-state index contributed by atoms with van der Waals surface area (Å²) >= 11 is 5.85. The number of aryl methyl sites for hydroxylation is 1. The molecule has 0 unspecified atom stereocenters. The number of amides is 1. The molecule has 11 heteroatoms. The molecule has 0 heterocycles. The van der Waals surface area contributed by atoms with Crippen molar-refractivity contribution in [2.24, 2.45) is 0 Å². The predicted molar refractivity (Wildman–Crippen MR) is 119 cm³/mol. The first-order chi connectivity index (χ1) is 15.4. The van der Waals surface area contributed by atoms with Crippen molar-refractivity contribution in [2.75, 3.05) is 16.6 Å². The van der Waals surface area contributed by atoms with Gasteiger partial charge in [0.2, 0.25) is 0 Å². The van der Waals surface area contributed by atoms with Crippen LogP contribution in [-0.2, 0) is 21.0 Å². The third-order valence-corrected chi connectivity index (χ3v) is 6.10. The fraction of sp³-hybridized carbons (Fsp3) is 0.136. The lowest BCUT2D eigenvalue weighted by atomic mass is 10.2. The maximum Gasteiger partial charge on any atom is 0.416 e. The van der Waals surface area contributed by atoms with Crippen molar-refractivity contribution >= 4 is 38.9 Å². The summed E-state index contributed by atoms with van der Waals surface area (Å²) in [5.41, 5.74) is 0.229. The second-order valence-electron chi connectivity index (χ2n) is 6.97. The number of carbonyl (C=O) groups is 1. The van der Waals surface area contributed by atoms with Crippen LogP contribution in [0.1, 0.15) is 11.1 Å². The van der Waals surface area contributed by atoms with E-state index in [0.717, 1.165) is 23.8 Å². The van der Waals surface area contributed by atoms with Crippen LogP contribution in [0, 0.1) is 6.92 Å². The minimum atomic E-state index is -4.59. The number of alkyl halides is 3. The summed E-state index contributed by atoms with van der Waals surface area (Å²) in [6.45, 7) is 1.35. The lowest BCUT2D eigenvalue weighted by Crippen LogP contribution is -2.21. The third kappa shape index (κ3) is 6.62. The van der Waals surface area contributed by atoms with Crippen LogP contribution in [0.5, 0.6) is 5.75 Å². The molecule has 0 atom stereocenters. The molecule has 0 radical (unpaired) electrons. The Bertz CT molecular complexity index is 1250. The van der Waals surface area contributed by atoms with Crippen LogP contribution < -0.4 is 14.8 Å². The summed E-state index contributed by atoms with van der Waals surface area (Å²) in [6.07, 6.45) is -4.59. The largest absolute Gasteiger partial charge is 0.484 e. The zero-order valence-electron chi connectivity index (χ0n) is 17.1. The van der Waals surface area contributed by atoms with E-state index in [1.807, 2.05) is 6.92 Å². The molecule has 3 aromatic rings. The summed E-state index contributed by atoms with van der Waals surface area (Å²) in [4.78, 5) is 12.1. The van der Waals surface area contributed by atoms with Crippen LogP contribution >= 0.6 is 11.6 Å². The smallest absolute Gasteiger partial charge is 0.416 e. The zero-order chi connectivity index (χ0) is 24.2. The number of halogens is 4. The molecule has 3 aromatic carbocycles. The quantitative estimate of drug-likeness (QED) is 0.451. The molecular weight excluding hydrogens is 481 g/mol.